The monoisotopic (exact) mass is 222 g/mol. The van der Waals surface area contributed by atoms with Crippen molar-refractivity contribution in [2.45, 2.75) is 25.9 Å². The van der Waals surface area contributed by atoms with Crippen molar-refractivity contribution in [3.63, 3.8) is 0 Å². The highest BCUT2D eigenvalue weighted by Gasteiger charge is 2.10. The van der Waals surface area contributed by atoms with E-state index < -0.39 is 6.10 Å². The third kappa shape index (κ3) is 3.56. The summed E-state index contributed by atoms with van der Waals surface area (Å²) in [5.41, 5.74) is 0.459. The van der Waals surface area contributed by atoms with Crippen molar-refractivity contribution >= 4 is 0 Å². The van der Waals surface area contributed by atoms with Crippen molar-refractivity contribution in [3.8, 4) is 18.1 Å². The minimum absolute atomic E-state index is 0.383. The Morgan fingerprint density at radius 3 is 2.94 bits per heavy atom. The van der Waals surface area contributed by atoms with Gasteiger partial charge in [-0.25, -0.2) is 4.39 Å². The number of ether oxygens (including phenoxy) is 1. The van der Waals surface area contributed by atoms with Crippen molar-refractivity contribution < 1.29 is 14.2 Å². The van der Waals surface area contributed by atoms with Gasteiger partial charge < -0.3 is 9.84 Å². The molecule has 0 bridgehead atoms. The summed E-state index contributed by atoms with van der Waals surface area (Å²) in [6, 6.07) is 4.11. The van der Waals surface area contributed by atoms with Gasteiger partial charge in [0.2, 0.25) is 0 Å². The Kier molecular flexibility index (Phi) is 4.81. The van der Waals surface area contributed by atoms with E-state index in [1.165, 1.54) is 18.2 Å². The molecule has 0 heterocycles. The lowest BCUT2D eigenvalue weighted by Crippen LogP contribution is -2.02. The van der Waals surface area contributed by atoms with Crippen LogP contribution in [-0.4, -0.2) is 11.7 Å². The Morgan fingerprint density at radius 1 is 1.56 bits per heavy atom. The molecule has 3 heteroatoms. The number of terminal acetylenes is 1. The van der Waals surface area contributed by atoms with Crippen LogP contribution < -0.4 is 4.74 Å². The lowest BCUT2D eigenvalue weighted by atomic mass is 10.1. The van der Waals surface area contributed by atoms with Gasteiger partial charge in [0.15, 0.2) is 0 Å². The molecule has 1 aromatic rings. The molecule has 16 heavy (non-hydrogen) atoms. The molecule has 0 radical (unpaired) electrons. The van der Waals surface area contributed by atoms with Crippen molar-refractivity contribution in [3.05, 3.63) is 29.6 Å². The van der Waals surface area contributed by atoms with Crippen LogP contribution in [-0.2, 0) is 0 Å². The summed E-state index contributed by atoms with van der Waals surface area (Å²) < 4.78 is 18.4. The maximum atomic E-state index is 13.0. The van der Waals surface area contributed by atoms with Crippen LogP contribution in [0.25, 0.3) is 0 Å². The first-order valence-corrected chi connectivity index (χ1v) is 5.19. The zero-order valence-electron chi connectivity index (χ0n) is 9.24. The van der Waals surface area contributed by atoms with Gasteiger partial charge in [0.25, 0.3) is 0 Å². The van der Waals surface area contributed by atoms with Crippen molar-refractivity contribution in [2.75, 3.05) is 6.61 Å². The van der Waals surface area contributed by atoms with Gasteiger partial charge in [-0.3, -0.25) is 0 Å². The van der Waals surface area contributed by atoms with E-state index in [9.17, 15) is 9.50 Å². The van der Waals surface area contributed by atoms with E-state index in [-0.39, 0.29) is 5.82 Å². The Hall–Kier alpha value is -1.53. The zero-order valence-corrected chi connectivity index (χ0v) is 9.24. The molecule has 1 rings (SSSR count). The molecule has 1 atom stereocenters. The van der Waals surface area contributed by atoms with Gasteiger partial charge in [-0.15, -0.1) is 12.3 Å². The predicted octanol–water partition coefficient (Wildman–Crippen LogP) is 2.67. The number of rotatable bonds is 5. The number of unbranched alkanes of at least 4 members (excludes halogenated alkanes) is 1. The SMILES string of the molecule is C#CCCCOc1ccc(F)cc1[C@@H](C)O. The first-order chi connectivity index (χ1) is 7.65. The lowest BCUT2D eigenvalue weighted by Gasteiger charge is -2.13. The van der Waals surface area contributed by atoms with E-state index in [1.54, 1.807) is 6.92 Å². The first-order valence-electron chi connectivity index (χ1n) is 5.19. The minimum Gasteiger partial charge on any atom is -0.493 e. The van der Waals surface area contributed by atoms with E-state index >= 15 is 0 Å². The predicted molar refractivity (Wildman–Crippen MR) is 60.6 cm³/mol. The van der Waals surface area contributed by atoms with Crippen molar-refractivity contribution in [2.24, 2.45) is 0 Å². The lowest BCUT2D eigenvalue weighted by molar-refractivity contribution is 0.190. The van der Waals surface area contributed by atoms with Gasteiger partial charge in [0.05, 0.1) is 12.7 Å². The summed E-state index contributed by atoms with van der Waals surface area (Å²) in [5.74, 6) is 2.64. The van der Waals surface area contributed by atoms with Crippen molar-refractivity contribution in [1.82, 2.24) is 0 Å². The average molecular weight is 222 g/mol. The Balaban J connectivity index is 2.68. The normalized spacial score (nSPS) is 11.9. The molecule has 0 aromatic heterocycles. The van der Waals surface area contributed by atoms with Gasteiger partial charge in [0.1, 0.15) is 11.6 Å². The molecule has 1 N–H and O–H groups in total. The highest BCUT2D eigenvalue weighted by Crippen LogP contribution is 2.26. The molecule has 0 fully saturated rings. The van der Waals surface area contributed by atoms with E-state index in [0.717, 1.165) is 6.42 Å². The van der Waals surface area contributed by atoms with Crippen LogP contribution in [0.1, 0.15) is 31.4 Å². The van der Waals surface area contributed by atoms with Crippen LogP contribution in [0.5, 0.6) is 5.75 Å². The fourth-order valence-corrected chi connectivity index (χ4v) is 1.33. The first kappa shape index (κ1) is 12.5. The third-order valence-corrected chi connectivity index (χ3v) is 2.14. The molecule has 0 saturated carbocycles. The number of aliphatic hydroxyl groups excluding tert-OH is 1. The van der Waals surface area contributed by atoms with Crippen LogP contribution in [0.15, 0.2) is 18.2 Å². The molecule has 0 aliphatic rings. The Bertz CT molecular complexity index is 380. The van der Waals surface area contributed by atoms with Gasteiger partial charge in [0, 0.05) is 12.0 Å². The van der Waals surface area contributed by atoms with Crippen molar-refractivity contribution in [1.29, 1.82) is 0 Å². The smallest absolute Gasteiger partial charge is 0.125 e. The van der Waals surface area contributed by atoms with Crippen LogP contribution in [0, 0.1) is 18.2 Å². The van der Waals surface area contributed by atoms with Gasteiger partial charge in [-0.1, -0.05) is 0 Å². The summed E-state index contributed by atoms with van der Waals surface area (Å²) in [4.78, 5) is 0. The quantitative estimate of drug-likeness (QED) is 0.613. The Morgan fingerprint density at radius 2 is 2.31 bits per heavy atom. The largest absolute Gasteiger partial charge is 0.493 e. The molecule has 0 unspecified atom stereocenters. The summed E-state index contributed by atoms with van der Waals surface area (Å²) in [5, 5.41) is 9.45. The number of halogens is 1. The standard InChI is InChI=1S/C13H15FO2/c1-3-4-5-8-16-13-7-6-11(14)9-12(13)10(2)15/h1,6-7,9-10,15H,4-5,8H2,2H3/t10-/m1/s1. The number of benzene rings is 1. The molecule has 2 nitrogen and oxygen atoms in total. The number of aliphatic hydroxyl groups is 1. The maximum Gasteiger partial charge on any atom is 0.125 e. The second-order valence-electron chi connectivity index (χ2n) is 3.51. The van der Waals surface area contributed by atoms with E-state index in [4.69, 9.17) is 11.2 Å². The molecule has 0 saturated heterocycles. The van der Waals surface area contributed by atoms with E-state index in [1.807, 2.05) is 0 Å². The highest BCUT2D eigenvalue weighted by molar-refractivity contribution is 5.35. The van der Waals surface area contributed by atoms with Crippen LogP contribution in [0.2, 0.25) is 0 Å². The summed E-state index contributed by atoms with van der Waals surface area (Å²) in [6.07, 6.45) is 5.75. The highest BCUT2D eigenvalue weighted by atomic mass is 19.1. The summed E-state index contributed by atoms with van der Waals surface area (Å²) in [7, 11) is 0. The van der Waals surface area contributed by atoms with Gasteiger partial charge >= 0.3 is 0 Å². The number of hydrogen-bond acceptors (Lipinski definition) is 2. The molecule has 0 amide bonds. The van der Waals surface area contributed by atoms with Crippen LogP contribution in [0.4, 0.5) is 4.39 Å². The second kappa shape index (κ2) is 6.14. The Labute approximate surface area is 95.1 Å². The molecule has 0 spiro atoms. The molecule has 0 aliphatic carbocycles. The molecule has 86 valence electrons. The minimum atomic E-state index is -0.752. The van der Waals surface area contributed by atoms with Gasteiger partial charge in [-0.2, -0.15) is 0 Å². The van der Waals surface area contributed by atoms with Gasteiger partial charge in [-0.05, 0) is 31.5 Å². The van der Waals surface area contributed by atoms with E-state index in [2.05, 4.69) is 5.92 Å². The molecular weight excluding hydrogens is 207 g/mol. The average Bonchev–Trinajstić information content (AvgIpc) is 2.26. The maximum absolute atomic E-state index is 13.0. The summed E-state index contributed by atoms with van der Waals surface area (Å²) >= 11 is 0. The van der Waals surface area contributed by atoms with Crippen LogP contribution in [0.3, 0.4) is 0 Å². The molecular formula is C13H15FO2. The topological polar surface area (TPSA) is 29.5 Å². The zero-order chi connectivity index (χ0) is 12.0. The fourth-order valence-electron chi connectivity index (χ4n) is 1.33. The molecule has 0 aliphatic heterocycles. The third-order valence-electron chi connectivity index (χ3n) is 2.14. The van der Waals surface area contributed by atoms with E-state index in [0.29, 0.717) is 24.3 Å². The van der Waals surface area contributed by atoms with Crippen LogP contribution >= 0.6 is 0 Å². The second-order valence-corrected chi connectivity index (χ2v) is 3.51. The number of hydrogen-bond donors (Lipinski definition) is 1. The fraction of sp³-hybridized carbons (Fsp3) is 0.385. The summed E-state index contributed by atoms with van der Waals surface area (Å²) in [6.45, 7) is 2.04. The molecule has 1 aromatic carbocycles.